The molecule has 2 aliphatic heterocycles. The second-order valence-electron chi connectivity index (χ2n) is 9.43. The molecular weight excluding hydrogens is 562 g/mol. The van der Waals surface area contributed by atoms with Crippen LogP contribution in [-0.4, -0.2) is 76.0 Å². The van der Waals surface area contributed by atoms with E-state index in [2.05, 4.69) is 51.5 Å². The van der Waals surface area contributed by atoms with Gasteiger partial charge in [0.05, 0.1) is 60.5 Å². The van der Waals surface area contributed by atoms with E-state index in [9.17, 15) is 0 Å². The van der Waals surface area contributed by atoms with Crippen LogP contribution in [0.2, 0.25) is 0 Å². The molecule has 0 aromatic heterocycles. The van der Waals surface area contributed by atoms with Crippen LogP contribution >= 0.6 is 0 Å². The molecule has 3 nitrogen and oxygen atoms in total. The summed E-state index contributed by atoms with van der Waals surface area (Å²) in [5, 5.41) is 0. The minimum atomic E-state index is 0. The Balaban J connectivity index is 0.00000182. The normalized spacial score (nSPS) is 22.9. The highest BCUT2D eigenvalue weighted by Crippen LogP contribution is 2.37. The van der Waals surface area contributed by atoms with Gasteiger partial charge < -0.3 is 61.7 Å². The fraction of sp³-hybridized carbons (Fsp3) is 0.727. The maximum atomic E-state index is 6.34. The van der Waals surface area contributed by atoms with Gasteiger partial charge in [0.25, 0.3) is 0 Å². The van der Waals surface area contributed by atoms with E-state index < -0.39 is 0 Å². The van der Waals surface area contributed by atoms with Crippen LogP contribution in [0, 0.1) is 0 Å². The number of nitrogens with zero attached hydrogens (tertiary/aromatic N) is 2. The van der Waals surface area contributed by atoms with Gasteiger partial charge in [-0.2, -0.15) is 0 Å². The number of likely N-dealkylation sites (N-methyl/N-ethyl adjacent to an activating group) is 1. The second kappa shape index (κ2) is 11.1. The van der Waals surface area contributed by atoms with Gasteiger partial charge in [0, 0.05) is 18.3 Å². The van der Waals surface area contributed by atoms with E-state index in [0.717, 1.165) is 17.7 Å². The maximum Gasteiger partial charge on any atom is 0.102 e. The number of benzene rings is 1. The summed E-state index contributed by atoms with van der Waals surface area (Å²) in [7, 11) is 7.13. The van der Waals surface area contributed by atoms with E-state index in [4.69, 9.17) is 4.74 Å². The summed E-state index contributed by atoms with van der Waals surface area (Å²) < 4.78 is 8.70. The third kappa shape index (κ3) is 7.08. The molecule has 0 atom stereocenters. The van der Waals surface area contributed by atoms with Crippen LogP contribution in [-0.2, 0) is 10.2 Å². The Labute approximate surface area is 201 Å². The summed E-state index contributed by atoms with van der Waals surface area (Å²) in [6.45, 7) is 8.11. The lowest BCUT2D eigenvalue weighted by Gasteiger charge is -2.45. The predicted octanol–water partition coefficient (Wildman–Crippen LogP) is -2.55. The van der Waals surface area contributed by atoms with Crippen LogP contribution in [0.5, 0.6) is 0 Å². The molecular formula is C22H38I2N2O. The van der Waals surface area contributed by atoms with Gasteiger partial charge in [0.15, 0.2) is 0 Å². The Morgan fingerprint density at radius 1 is 0.852 bits per heavy atom. The lowest BCUT2D eigenvalue weighted by Crippen LogP contribution is -3.00. The van der Waals surface area contributed by atoms with E-state index in [1.165, 1.54) is 74.9 Å². The average molecular weight is 600 g/mol. The lowest BCUT2D eigenvalue weighted by molar-refractivity contribution is -0.914. The molecule has 1 aromatic carbocycles. The molecule has 2 heterocycles. The van der Waals surface area contributed by atoms with Gasteiger partial charge in [-0.05, 0) is 24.8 Å². The first kappa shape index (κ1) is 25.6. The van der Waals surface area contributed by atoms with Gasteiger partial charge >= 0.3 is 0 Å². The molecule has 0 amide bonds. The summed E-state index contributed by atoms with van der Waals surface area (Å²) in [6, 6.07) is 11.1. The molecule has 27 heavy (non-hydrogen) atoms. The summed E-state index contributed by atoms with van der Waals surface area (Å²) in [5.41, 5.74) is 1.70. The minimum absolute atomic E-state index is 0. The van der Waals surface area contributed by atoms with Gasteiger partial charge in [0.2, 0.25) is 0 Å². The first-order valence-electron chi connectivity index (χ1n) is 10.2. The third-order valence-electron chi connectivity index (χ3n) is 6.83. The molecule has 0 radical (unpaired) electrons. The van der Waals surface area contributed by atoms with Crippen LogP contribution in [0.15, 0.2) is 30.3 Å². The summed E-state index contributed by atoms with van der Waals surface area (Å²) in [5.74, 6) is 0. The Bertz CT molecular complexity index is 535. The van der Waals surface area contributed by atoms with E-state index in [-0.39, 0.29) is 53.4 Å². The topological polar surface area (TPSA) is 9.23 Å². The fourth-order valence-electron chi connectivity index (χ4n) is 4.63. The Morgan fingerprint density at radius 3 is 2.04 bits per heavy atom. The van der Waals surface area contributed by atoms with Crippen LogP contribution in [0.1, 0.15) is 37.7 Å². The summed E-state index contributed by atoms with van der Waals surface area (Å²) in [4.78, 5) is 0. The Kier molecular flexibility index (Phi) is 10.5. The number of hydrogen-bond acceptors (Lipinski definition) is 1. The van der Waals surface area contributed by atoms with Crippen LogP contribution in [0.3, 0.4) is 0 Å². The summed E-state index contributed by atoms with van der Waals surface area (Å²) >= 11 is 0. The average Bonchev–Trinajstić information content (AvgIpc) is 2.62. The maximum absolute atomic E-state index is 6.34. The monoisotopic (exact) mass is 600 g/mol. The van der Waals surface area contributed by atoms with Gasteiger partial charge in [-0.25, -0.2) is 0 Å². The van der Waals surface area contributed by atoms with E-state index in [0.29, 0.717) is 0 Å². The van der Waals surface area contributed by atoms with Gasteiger partial charge in [-0.1, -0.05) is 30.3 Å². The van der Waals surface area contributed by atoms with Crippen molar-refractivity contribution in [3.8, 4) is 0 Å². The zero-order chi connectivity index (χ0) is 17.8. The highest BCUT2D eigenvalue weighted by atomic mass is 127. The molecule has 1 aromatic rings. The highest BCUT2D eigenvalue weighted by molar-refractivity contribution is 5.26. The molecule has 0 spiro atoms. The van der Waals surface area contributed by atoms with Crippen LogP contribution < -0.4 is 48.0 Å². The van der Waals surface area contributed by atoms with Crippen molar-refractivity contribution in [2.45, 2.75) is 37.5 Å². The molecule has 2 saturated heterocycles. The zero-order valence-electron chi connectivity index (χ0n) is 17.4. The van der Waals surface area contributed by atoms with E-state index in [1.807, 2.05) is 0 Å². The van der Waals surface area contributed by atoms with Crippen molar-refractivity contribution in [3.05, 3.63) is 35.9 Å². The zero-order valence-corrected chi connectivity index (χ0v) is 21.7. The number of piperidine rings is 2. The fourth-order valence-corrected chi connectivity index (χ4v) is 4.63. The smallest absolute Gasteiger partial charge is 0.102 e. The Hall–Kier alpha value is 0.560. The van der Waals surface area contributed by atoms with Gasteiger partial charge in [-0.3, -0.25) is 0 Å². The van der Waals surface area contributed by atoms with Crippen molar-refractivity contribution in [2.75, 3.05) is 67.1 Å². The number of halogens is 2. The Morgan fingerprint density at radius 2 is 1.44 bits per heavy atom. The number of likely N-dealkylation sites (tertiary alicyclic amines) is 2. The van der Waals surface area contributed by atoms with E-state index in [1.54, 1.807) is 0 Å². The van der Waals surface area contributed by atoms with Gasteiger partial charge in [0.1, 0.15) is 6.54 Å². The van der Waals surface area contributed by atoms with Crippen molar-refractivity contribution in [3.63, 3.8) is 0 Å². The van der Waals surface area contributed by atoms with Crippen molar-refractivity contribution >= 4 is 0 Å². The molecule has 3 rings (SSSR count). The molecule has 0 unspecified atom stereocenters. The molecule has 0 saturated carbocycles. The first-order chi connectivity index (χ1) is 11.9. The molecule has 156 valence electrons. The second-order valence-corrected chi connectivity index (χ2v) is 9.43. The third-order valence-corrected chi connectivity index (χ3v) is 6.83. The van der Waals surface area contributed by atoms with E-state index >= 15 is 0 Å². The van der Waals surface area contributed by atoms with Crippen molar-refractivity contribution in [1.82, 2.24) is 0 Å². The quantitative estimate of drug-likeness (QED) is 0.199. The molecule has 0 aliphatic carbocycles. The molecule has 0 bridgehead atoms. The highest BCUT2D eigenvalue weighted by Gasteiger charge is 2.40. The number of quaternary nitrogens is 2. The predicted molar refractivity (Wildman–Crippen MR) is 105 cm³/mol. The SMILES string of the molecule is C[N+]1(C)CCC(COCC[N+]2(C)CCCCC2)(c2ccccc2)CC1.[I-].[I-]. The van der Waals surface area contributed by atoms with Crippen molar-refractivity contribution in [1.29, 1.82) is 0 Å². The molecule has 2 fully saturated rings. The molecule has 2 aliphatic rings. The van der Waals surface area contributed by atoms with Crippen LogP contribution in [0.25, 0.3) is 0 Å². The van der Waals surface area contributed by atoms with Gasteiger partial charge in [-0.15, -0.1) is 0 Å². The first-order valence-corrected chi connectivity index (χ1v) is 10.2. The number of ether oxygens (including phenoxy) is 1. The van der Waals surface area contributed by atoms with Crippen LogP contribution in [0.4, 0.5) is 0 Å². The molecule has 5 heteroatoms. The molecule has 0 N–H and O–H groups in total. The number of rotatable bonds is 6. The van der Waals surface area contributed by atoms with Crippen molar-refractivity contribution < 1.29 is 61.7 Å². The summed E-state index contributed by atoms with van der Waals surface area (Å²) in [6.07, 6.45) is 6.65. The van der Waals surface area contributed by atoms with Crippen molar-refractivity contribution in [2.24, 2.45) is 0 Å². The standard InChI is InChI=1S/C22H38N2O.2HI/c1-23(2)16-12-22(13-17-23,21-10-6-4-7-11-21)20-25-19-18-24(3)14-8-5-9-15-24;;/h4,6-7,10-11H,5,8-9,12-20H2,1-3H3;2*1H/q+2;;/p-2. The number of hydrogen-bond donors (Lipinski definition) is 0. The largest absolute Gasteiger partial charge is 1.00 e. The lowest BCUT2D eigenvalue weighted by atomic mass is 9.73. The minimum Gasteiger partial charge on any atom is -1.00 e.